The van der Waals surface area contributed by atoms with E-state index >= 15 is 0 Å². The molecular formula is C17H17Cl2N7O. The van der Waals surface area contributed by atoms with E-state index in [0.717, 1.165) is 6.20 Å². The molecule has 1 heterocycles. The fourth-order valence-corrected chi connectivity index (χ4v) is 2.48. The molecule has 0 saturated heterocycles. The summed E-state index contributed by atoms with van der Waals surface area (Å²) in [5.74, 6) is -0.329. The molecule has 10 heteroatoms. The van der Waals surface area contributed by atoms with E-state index in [0.29, 0.717) is 15.6 Å². The monoisotopic (exact) mass is 405 g/mol. The number of nitrogens with one attached hydrogen (secondary N) is 1. The number of amides is 1. The first-order valence-electron chi connectivity index (χ1n) is 7.56. The summed E-state index contributed by atoms with van der Waals surface area (Å²) in [5, 5.41) is 3.43. The van der Waals surface area contributed by atoms with E-state index in [4.69, 9.17) is 40.4 Å². The Morgan fingerprint density at radius 3 is 2.67 bits per heavy atom. The highest BCUT2D eigenvalue weighted by molar-refractivity contribution is 6.34. The third-order valence-electron chi connectivity index (χ3n) is 3.34. The van der Waals surface area contributed by atoms with Crippen molar-refractivity contribution in [1.29, 1.82) is 0 Å². The number of hydrogen-bond acceptors (Lipinski definition) is 7. The zero-order valence-corrected chi connectivity index (χ0v) is 15.8. The predicted molar refractivity (Wildman–Crippen MR) is 109 cm³/mol. The Hall–Kier alpha value is -3.10. The standard InChI is InChI=1S/C17H17Cl2N7O/c1-23-8-13(15(22)10-6-9(18)2-3-12(10)19)25-17(27)11(7-20)16-24-5-4-14(21)26-16/h2-8H,20,22H2,1H3,(H,25,27)(H2,21,24,26)/b11-7+,15-13+,23-8?. The van der Waals surface area contributed by atoms with Crippen LogP contribution < -0.4 is 22.5 Å². The fraction of sp³-hybridized carbons (Fsp3) is 0.0588. The van der Waals surface area contributed by atoms with Crippen molar-refractivity contribution in [3.05, 3.63) is 63.8 Å². The van der Waals surface area contributed by atoms with Crippen LogP contribution in [0.1, 0.15) is 11.4 Å². The van der Waals surface area contributed by atoms with Crippen LogP contribution in [0.15, 0.2) is 47.4 Å². The van der Waals surface area contributed by atoms with E-state index in [1.54, 1.807) is 18.2 Å². The lowest BCUT2D eigenvalue weighted by Crippen LogP contribution is -2.28. The summed E-state index contributed by atoms with van der Waals surface area (Å²) in [6.07, 6.45) is 3.87. The van der Waals surface area contributed by atoms with E-state index in [-0.39, 0.29) is 28.6 Å². The van der Waals surface area contributed by atoms with Gasteiger partial charge in [0.25, 0.3) is 5.91 Å². The molecule has 27 heavy (non-hydrogen) atoms. The average Bonchev–Trinajstić information content (AvgIpc) is 2.63. The second-order valence-corrected chi connectivity index (χ2v) is 6.02. The number of nitrogens with two attached hydrogens (primary N) is 3. The van der Waals surface area contributed by atoms with Gasteiger partial charge in [0.1, 0.15) is 5.82 Å². The van der Waals surface area contributed by atoms with Gasteiger partial charge in [-0.3, -0.25) is 9.79 Å². The number of carbonyl (C=O) groups is 1. The van der Waals surface area contributed by atoms with Gasteiger partial charge in [-0.2, -0.15) is 0 Å². The molecule has 140 valence electrons. The van der Waals surface area contributed by atoms with E-state index in [1.165, 1.54) is 25.5 Å². The molecule has 0 atom stereocenters. The number of anilines is 1. The topological polar surface area (TPSA) is 145 Å². The molecule has 1 aromatic carbocycles. The van der Waals surface area contributed by atoms with Crippen LogP contribution in [-0.4, -0.2) is 29.1 Å². The first-order valence-corrected chi connectivity index (χ1v) is 8.32. The first-order chi connectivity index (χ1) is 12.9. The summed E-state index contributed by atoms with van der Waals surface area (Å²) in [7, 11) is 1.53. The Kier molecular flexibility index (Phi) is 6.75. The van der Waals surface area contributed by atoms with Gasteiger partial charge in [-0.15, -0.1) is 0 Å². The lowest BCUT2D eigenvalue weighted by Gasteiger charge is -2.13. The molecule has 0 radical (unpaired) electrons. The van der Waals surface area contributed by atoms with Crippen LogP contribution in [0, 0.1) is 0 Å². The van der Waals surface area contributed by atoms with Crippen molar-refractivity contribution in [1.82, 2.24) is 15.3 Å². The third-order valence-corrected chi connectivity index (χ3v) is 3.91. The summed E-state index contributed by atoms with van der Waals surface area (Å²) in [6, 6.07) is 6.29. The largest absolute Gasteiger partial charge is 0.404 e. The number of allylic oxidation sites excluding steroid dienone is 1. The number of carbonyl (C=O) groups excluding carboxylic acids is 1. The average molecular weight is 406 g/mol. The fourth-order valence-electron chi connectivity index (χ4n) is 2.09. The highest BCUT2D eigenvalue weighted by Gasteiger charge is 2.18. The lowest BCUT2D eigenvalue weighted by atomic mass is 10.1. The normalized spacial score (nSPS) is 12.8. The van der Waals surface area contributed by atoms with Crippen molar-refractivity contribution in [3.63, 3.8) is 0 Å². The molecule has 8 nitrogen and oxygen atoms in total. The molecule has 0 unspecified atom stereocenters. The molecule has 0 bridgehead atoms. The minimum atomic E-state index is -0.598. The maximum absolute atomic E-state index is 12.7. The maximum atomic E-state index is 12.7. The number of nitrogen functional groups attached to an aromatic ring is 1. The zero-order chi connectivity index (χ0) is 20.0. The van der Waals surface area contributed by atoms with Gasteiger partial charge in [-0.1, -0.05) is 23.2 Å². The van der Waals surface area contributed by atoms with Gasteiger partial charge in [-0.05, 0) is 24.3 Å². The van der Waals surface area contributed by atoms with Crippen LogP contribution in [0.4, 0.5) is 5.82 Å². The SMILES string of the molecule is CN=C/C(NC(=O)/C(=C/N)c1nccc(N)n1)=C(\N)c1cc(Cl)ccc1Cl. The van der Waals surface area contributed by atoms with Crippen LogP contribution in [-0.2, 0) is 4.79 Å². The van der Waals surface area contributed by atoms with Gasteiger partial charge in [0, 0.05) is 36.2 Å². The molecule has 0 spiro atoms. The van der Waals surface area contributed by atoms with Gasteiger partial charge in [0.05, 0.1) is 22.0 Å². The highest BCUT2D eigenvalue weighted by atomic mass is 35.5. The molecule has 2 rings (SSSR count). The summed E-state index contributed by atoms with van der Waals surface area (Å²) < 4.78 is 0. The number of benzene rings is 1. The predicted octanol–water partition coefficient (Wildman–Crippen LogP) is 1.81. The van der Waals surface area contributed by atoms with Crippen LogP contribution in [0.3, 0.4) is 0 Å². The van der Waals surface area contributed by atoms with Crippen molar-refractivity contribution >= 4 is 52.4 Å². The Balaban J connectivity index is 2.42. The van der Waals surface area contributed by atoms with Crippen molar-refractivity contribution in [2.75, 3.05) is 12.8 Å². The van der Waals surface area contributed by atoms with Crippen molar-refractivity contribution in [2.24, 2.45) is 16.5 Å². The van der Waals surface area contributed by atoms with Gasteiger partial charge in [-0.25, -0.2) is 9.97 Å². The zero-order valence-electron chi connectivity index (χ0n) is 14.3. The van der Waals surface area contributed by atoms with Gasteiger partial charge < -0.3 is 22.5 Å². The third kappa shape index (κ3) is 4.96. The Bertz CT molecular complexity index is 954. The summed E-state index contributed by atoms with van der Waals surface area (Å²) in [4.78, 5) is 24.6. The molecular weight excluding hydrogens is 389 g/mol. The van der Waals surface area contributed by atoms with Crippen molar-refractivity contribution < 1.29 is 4.79 Å². The number of rotatable bonds is 5. The van der Waals surface area contributed by atoms with Crippen molar-refractivity contribution in [3.8, 4) is 0 Å². The summed E-state index contributed by atoms with van der Waals surface area (Å²) in [5.41, 5.74) is 18.2. The molecule has 0 aliphatic heterocycles. The molecule has 0 saturated carbocycles. The van der Waals surface area contributed by atoms with E-state index in [2.05, 4.69) is 20.3 Å². The molecule has 0 fully saturated rings. The van der Waals surface area contributed by atoms with Gasteiger partial charge in [0.15, 0.2) is 5.82 Å². The Morgan fingerprint density at radius 1 is 1.30 bits per heavy atom. The molecule has 1 aromatic heterocycles. The summed E-state index contributed by atoms with van der Waals surface area (Å²) in [6.45, 7) is 0. The Morgan fingerprint density at radius 2 is 2.04 bits per heavy atom. The number of aromatic nitrogens is 2. The second-order valence-electron chi connectivity index (χ2n) is 5.18. The summed E-state index contributed by atoms with van der Waals surface area (Å²) >= 11 is 12.2. The molecule has 1 amide bonds. The number of nitrogens with zero attached hydrogens (tertiary/aromatic N) is 3. The first kappa shape index (κ1) is 20.2. The quantitative estimate of drug-likeness (QED) is 0.440. The van der Waals surface area contributed by atoms with E-state index < -0.39 is 5.91 Å². The number of halogens is 2. The molecule has 0 aliphatic carbocycles. The second kappa shape index (κ2) is 9.02. The van der Waals surface area contributed by atoms with Crippen LogP contribution in [0.2, 0.25) is 10.0 Å². The smallest absolute Gasteiger partial charge is 0.261 e. The van der Waals surface area contributed by atoms with E-state index in [1.807, 2.05) is 0 Å². The lowest BCUT2D eigenvalue weighted by molar-refractivity contribution is -0.114. The molecule has 7 N–H and O–H groups in total. The molecule has 2 aromatic rings. The minimum Gasteiger partial charge on any atom is -0.404 e. The number of aliphatic imine (C=N–C) groups is 1. The van der Waals surface area contributed by atoms with Gasteiger partial charge >= 0.3 is 0 Å². The Labute approximate surface area is 165 Å². The maximum Gasteiger partial charge on any atom is 0.261 e. The number of hydrogen-bond donors (Lipinski definition) is 4. The van der Waals surface area contributed by atoms with Crippen LogP contribution >= 0.6 is 23.2 Å². The van der Waals surface area contributed by atoms with Crippen LogP contribution in [0.25, 0.3) is 11.3 Å². The highest BCUT2D eigenvalue weighted by Crippen LogP contribution is 2.26. The van der Waals surface area contributed by atoms with Crippen LogP contribution in [0.5, 0.6) is 0 Å². The van der Waals surface area contributed by atoms with E-state index in [9.17, 15) is 4.79 Å². The van der Waals surface area contributed by atoms with Crippen molar-refractivity contribution in [2.45, 2.75) is 0 Å². The minimum absolute atomic E-state index is 0.00861. The van der Waals surface area contributed by atoms with Gasteiger partial charge in [0.2, 0.25) is 0 Å². The molecule has 0 aliphatic rings.